The highest BCUT2D eigenvalue weighted by Crippen LogP contribution is 2.31. The van der Waals surface area contributed by atoms with Crippen LogP contribution in [0.4, 0.5) is 16.8 Å². The average molecular weight is 390 g/mol. The summed E-state index contributed by atoms with van der Waals surface area (Å²) in [5, 5.41) is 12.2. The Bertz CT molecular complexity index is 1020. The zero-order chi connectivity index (χ0) is 18.7. The molecule has 26 heavy (non-hydrogen) atoms. The van der Waals surface area contributed by atoms with E-state index in [1.165, 1.54) is 23.5 Å². The molecule has 3 aromatic rings. The Morgan fingerprint density at radius 3 is 2.54 bits per heavy atom. The van der Waals surface area contributed by atoms with Gasteiger partial charge in [-0.15, -0.1) is 0 Å². The summed E-state index contributed by atoms with van der Waals surface area (Å²) in [5.41, 5.74) is 2.32. The molecule has 0 unspecified atom stereocenters. The van der Waals surface area contributed by atoms with Crippen molar-refractivity contribution in [1.82, 2.24) is 15.0 Å². The molecule has 0 fully saturated rings. The molecule has 10 heteroatoms. The number of rotatable bonds is 6. The van der Waals surface area contributed by atoms with Crippen molar-refractivity contribution in [1.29, 1.82) is 0 Å². The number of primary sulfonamides is 1. The highest BCUT2D eigenvalue weighted by molar-refractivity contribution is 7.89. The predicted molar refractivity (Wildman–Crippen MR) is 103 cm³/mol. The molecule has 0 aliphatic heterocycles. The van der Waals surface area contributed by atoms with Crippen LogP contribution >= 0.6 is 11.3 Å². The van der Waals surface area contributed by atoms with E-state index in [0.717, 1.165) is 27.9 Å². The van der Waals surface area contributed by atoms with Crippen LogP contribution in [-0.4, -0.2) is 29.9 Å². The maximum Gasteiger partial charge on any atom is 0.238 e. The standard InChI is InChI=1S/C16H18N6O2S2/c1-3-18-16-20-10(2)14(25-16)13-8-9-19-15(22-13)21-11-4-6-12(7-5-11)26(17,23)24/h4-9H,3H2,1-2H3,(H,18,20)(H2,17,23,24)(H,19,21,22). The minimum atomic E-state index is -3.71. The van der Waals surface area contributed by atoms with Crippen molar-refractivity contribution >= 4 is 38.1 Å². The molecule has 2 aromatic heterocycles. The Kier molecular flexibility index (Phi) is 5.16. The van der Waals surface area contributed by atoms with Crippen molar-refractivity contribution < 1.29 is 8.42 Å². The molecule has 136 valence electrons. The first-order chi connectivity index (χ1) is 12.4. The summed E-state index contributed by atoms with van der Waals surface area (Å²) in [5.74, 6) is 0.406. The zero-order valence-corrected chi connectivity index (χ0v) is 15.9. The van der Waals surface area contributed by atoms with Crippen molar-refractivity contribution in [3.63, 3.8) is 0 Å². The minimum Gasteiger partial charge on any atom is -0.362 e. The molecule has 0 aliphatic rings. The SMILES string of the molecule is CCNc1nc(C)c(-c2ccnc(Nc3ccc(S(N)(=O)=O)cc3)n2)s1. The van der Waals surface area contributed by atoms with Gasteiger partial charge in [0, 0.05) is 18.4 Å². The van der Waals surface area contributed by atoms with Gasteiger partial charge in [-0.25, -0.2) is 28.5 Å². The van der Waals surface area contributed by atoms with E-state index in [4.69, 9.17) is 5.14 Å². The maximum atomic E-state index is 11.3. The van der Waals surface area contributed by atoms with Gasteiger partial charge >= 0.3 is 0 Å². The van der Waals surface area contributed by atoms with Crippen molar-refractivity contribution in [2.45, 2.75) is 18.7 Å². The third kappa shape index (κ3) is 4.15. The molecule has 1 aromatic carbocycles. The Morgan fingerprint density at radius 2 is 1.88 bits per heavy atom. The summed E-state index contributed by atoms with van der Waals surface area (Å²) in [7, 11) is -3.71. The predicted octanol–water partition coefficient (Wildman–Crippen LogP) is 2.73. The van der Waals surface area contributed by atoms with Crippen LogP contribution in [-0.2, 0) is 10.0 Å². The van der Waals surface area contributed by atoms with E-state index < -0.39 is 10.0 Å². The van der Waals surface area contributed by atoms with Crippen LogP contribution in [0.25, 0.3) is 10.6 Å². The van der Waals surface area contributed by atoms with Crippen molar-refractivity contribution in [3.8, 4) is 10.6 Å². The van der Waals surface area contributed by atoms with Crippen LogP contribution in [0.2, 0.25) is 0 Å². The summed E-state index contributed by atoms with van der Waals surface area (Å²) in [6.45, 7) is 4.76. The third-order valence-corrected chi connectivity index (χ3v) is 5.52. The van der Waals surface area contributed by atoms with Gasteiger partial charge in [0.05, 0.1) is 21.2 Å². The molecule has 3 rings (SSSR count). The first kappa shape index (κ1) is 18.2. The molecule has 4 N–H and O–H groups in total. The van der Waals surface area contributed by atoms with Gasteiger partial charge in [0.2, 0.25) is 16.0 Å². The molecule has 0 atom stereocenters. The van der Waals surface area contributed by atoms with Crippen molar-refractivity contribution in [3.05, 3.63) is 42.2 Å². The second-order valence-electron chi connectivity index (χ2n) is 5.42. The van der Waals surface area contributed by atoms with Gasteiger partial charge in [0.15, 0.2) is 5.13 Å². The van der Waals surface area contributed by atoms with Gasteiger partial charge < -0.3 is 10.6 Å². The number of aromatic nitrogens is 3. The lowest BCUT2D eigenvalue weighted by molar-refractivity contribution is 0.598. The zero-order valence-electron chi connectivity index (χ0n) is 14.2. The highest BCUT2D eigenvalue weighted by atomic mass is 32.2. The van der Waals surface area contributed by atoms with E-state index in [9.17, 15) is 8.42 Å². The molecule has 0 amide bonds. The lowest BCUT2D eigenvalue weighted by Gasteiger charge is -2.07. The monoisotopic (exact) mass is 390 g/mol. The molecule has 0 aliphatic carbocycles. The fourth-order valence-corrected chi connectivity index (χ4v) is 3.78. The third-order valence-electron chi connectivity index (χ3n) is 3.45. The van der Waals surface area contributed by atoms with Crippen LogP contribution < -0.4 is 15.8 Å². The lowest BCUT2D eigenvalue weighted by Crippen LogP contribution is -2.11. The van der Waals surface area contributed by atoms with E-state index in [2.05, 4.69) is 25.6 Å². The normalized spacial score (nSPS) is 11.3. The first-order valence-corrected chi connectivity index (χ1v) is 10.2. The summed E-state index contributed by atoms with van der Waals surface area (Å²) < 4.78 is 22.6. The Morgan fingerprint density at radius 1 is 1.15 bits per heavy atom. The fraction of sp³-hybridized carbons (Fsp3) is 0.188. The molecule has 0 saturated heterocycles. The van der Waals surface area contributed by atoms with Crippen LogP contribution in [0, 0.1) is 6.92 Å². The number of nitrogens with one attached hydrogen (secondary N) is 2. The van der Waals surface area contributed by atoms with Crippen LogP contribution in [0.3, 0.4) is 0 Å². The Balaban J connectivity index is 1.84. The molecule has 8 nitrogen and oxygen atoms in total. The first-order valence-electron chi connectivity index (χ1n) is 7.81. The Labute approximate surface area is 155 Å². The Hall–Kier alpha value is -2.56. The molecule has 2 heterocycles. The van der Waals surface area contributed by atoms with Gasteiger partial charge in [0.25, 0.3) is 0 Å². The number of sulfonamides is 1. The number of nitrogens with zero attached hydrogens (tertiary/aromatic N) is 3. The smallest absolute Gasteiger partial charge is 0.238 e. The molecule has 0 saturated carbocycles. The van der Waals surface area contributed by atoms with Crippen LogP contribution in [0.15, 0.2) is 41.4 Å². The molecule has 0 spiro atoms. The second kappa shape index (κ2) is 7.36. The summed E-state index contributed by atoms with van der Waals surface area (Å²) in [4.78, 5) is 14.2. The number of aryl methyl sites for hydroxylation is 1. The van der Waals surface area contributed by atoms with Gasteiger partial charge in [-0.05, 0) is 44.2 Å². The van der Waals surface area contributed by atoms with E-state index in [1.54, 1.807) is 18.3 Å². The summed E-state index contributed by atoms with van der Waals surface area (Å²) in [6.07, 6.45) is 1.66. The molecule has 0 bridgehead atoms. The van der Waals surface area contributed by atoms with Gasteiger partial charge in [-0.1, -0.05) is 11.3 Å². The van der Waals surface area contributed by atoms with Crippen molar-refractivity contribution in [2.75, 3.05) is 17.2 Å². The number of benzene rings is 1. The highest BCUT2D eigenvalue weighted by Gasteiger charge is 2.12. The van der Waals surface area contributed by atoms with Crippen LogP contribution in [0.5, 0.6) is 0 Å². The molecule has 0 radical (unpaired) electrons. The second-order valence-corrected chi connectivity index (χ2v) is 7.98. The van der Waals surface area contributed by atoms with E-state index >= 15 is 0 Å². The summed E-state index contributed by atoms with van der Waals surface area (Å²) in [6, 6.07) is 7.90. The number of nitrogens with two attached hydrogens (primary N) is 1. The number of hydrogen-bond donors (Lipinski definition) is 3. The average Bonchev–Trinajstić information content (AvgIpc) is 2.96. The topological polar surface area (TPSA) is 123 Å². The molecular formula is C16H18N6O2S2. The van der Waals surface area contributed by atoms with E-state index in [1.807, 2.05) is 19.9 Å². The lowest BCUT2D eigenvalue weighted by atomic mass is 10.3. The van der Waals surface area contributed by atoms with Gasteiger partial charge in [0.1, 0.15) is 0 Å². The number of thiazole rings is 1. The van der Waals surface area contributed by atoms with E-state index in [-0.39, 0.29) is 4.90 Å². The summed E-state index contributed by atoms with van der Waals surface area (Å²) >= 11 is 1.54. The van der Waals surface area contributed by atoms with Crippen molar-refractivity contribution in [2.24, 2.45) is 5.14 Å². The number of anilines is 3. The number of hydrogen-bond acceptors (Lipinski definition) is 8. The quantitative estimate of drug-likeness (QED) is 0.591. The fourth-order valence-electron chi connectivity index (χ4n) is 2.26. The minimum absolute atomic E-state index is 0.0500. The van der Waals surface area contributed by atoms with Crippen LogP contribution in [0.1, 0.15) is 12.6 Å². The molecular weight excluding hydrogens is 372 g/mol. The van der Waals surface area contributed by atoms with Gasteiger partial charge in [-0.2, -0.15) is 0 Å². The largest absolute Gasteiger partial charge is 0.362 e. The van der Waals surface area contributed by atoms with E-state index in [0.29, 0.717) is 11.6 Å². The van der Waals surface area contributed by atoms with Gasteiger partial charge in [-0.3, -0.25) is 0 Å². The maximum absolute atomic E-state index is 11.3.